The van der Waals surface area contributed by atoms with Crippen LogP contribution in [0, 0.1) is 11.2 Å². The second kappa shape index (κ2) is 7.93. The first kappa shape index (κ1) is 17.4. The Morgan fingerprint density at radius 3 is 2.85 bits per heavy atom. The molecule has 1 aromatic rings. The maximum Gasteiger partial charge on any atom is 0.123 e. The van der Waals surface area contributed by atoms with E-state index in [0.717, 1.165) is 31.6 Å². The number of aliphatic hydroxyl groups is 1. The Morgan fingerprint density at radius 2 is 2.25 bits per heavy atom. The average Bonchev–Trinajstić information content (AvgIpc) is 2.76. The van der Waals surface area contributed by atoms with E-state index in [-0.39, 0.29) is 30.2 Å². The average molecular weight is 303 g/mol. The first-order valence-electron chi connectivity index (χ1n) is 6.90. The highest BCUT2D eigenvalue weighted by molar-refractivity contribution is 5.85. The summed E-state index contributed by atoms with van der Waals surface area (Å²) in [6.45, 7) is 6.72. The number of benzene rings is 1. The van der Waals surface area contributed by atoms with Crippen molar-refractivity contribution >= 4 is 12.4 Å². The van der Waals surface area contributed by atoms with Crippen LogP contribution in [-0.4, -0.2) is 42.8 Å². The zero-order valence-electron chi connectivity index (χ0n) is 11.9. The number of nitrogens with zero attached hydrogens (tertiary/aromatic N) is 1. The van der Waals surface area contributed by atoms with E-state index in [1.54, 1.807) is 12.1 Å². The molecule has 1 aromatic carbocycles. The minimum atomic E-state index is -0.199. The molecule has 2 N–H and O–H groups in total. The number of halogens is 2. The van der Waals surface area contributed by atoms with Crippen LogP contribution in [0.3, 0.4) is 0 Å². The predicted molar refractivity (Wildman–Crippen MR) is 81.6 cm³/mol. The quantitative estimate of drug-likeness (QED) is 0.844. The van der Waals surface area contributed by atoms with Gasteiger partial charge in [0.15, 0.2) is 0 Å². The third kappa shape index (κ3) is 5.02. The van der Waals surface area contributed by atoms with Crippen molar-refractivity contribution in [2.24, 2.45) is 5.41 Å². The normalized spacial score (nSPS) is 22.0. The third-order valence-corrected chi connectivity index (χ3v) is 3.77. The molecule has 114 valence electrons. The monoisotopic (exact) mass is 302 g/mol. The van der Waals surface area contributed by atoms with Crippen LogP contribution in [0.15, 0.2) is 24.3 Å². The van der Waals surface area contributed by atoms with Gasteiger partial charge in [-0.3, -0.25) is 4.90 Å². The highest BCUT2D eigenvalue weighted by Gasteiger charge is 2.30. The minimum Gasteiger partial charge on any atom is -0.395 e. The van der Waals surface area contributed by atoms with Gasteiger partial charge in [0.05, 0.1) is 6.61 Å². The largest absolute Gasteiger partial charge is 0.395 e. The van der Waals surface area contributed by atoms with Crippen molar-refractivity contribution in [1.29, 1.82) is 0 Å². The highest BCUT2D eigenvalue weighted by atomic mass is 35.5. The number of nitrogens with one attached hydrogen (secondary N) is 1. The second-order valence-corrected chi connectivity index (χ2v) is 5.80. The van der Waals surface area contributed by atoms with Gasteiger partial charge in [0.25, 0.3) is 0 Å². The molecule has 0 radical (unpaired) electrons. The van der Waals surface area contributed by atoms with E-state index in [0.29, 0.717) is 13.1 Å². The van der Waals surface area contributed by atoms with Crippen molar-refractivity contribution in [1.82, 2.24) is 10.2 Å². The smallest absolute Gasteiger partial charge is 0.123 e. The topological polar surface area (TPSA) is 35.5 Å². The number of hydrogen-bond donors (Lipinski definition) is 2. The first-order chi connectivity index (χ1) is 9.11. The van der Waals surface area contributed by atoms with E-state index in [4.69, 9.17) is 0 Å². The lowest BCUT2D eigenvalue weighted by molar-refractivity contribution is 0.137. The molecule has 1 aliphatic heterocycles. The zero-order chi connectivity index (χ0) is 13.7. The van der Waals surface area contributed by atoms with Crippen molar-refractivity contribution in [3.05, 3.63) is 35.6 Å². The summed E-state index contributed by atoms with van der Waals surface area (Å²) in [5, 5.41) is 12.6. The van der Waals surface area contributed by atoms with Crippen LogP contribution in [-0.2, 0) is 6.54 Å². The van der Waals surface area contributed by atoms with Crippen LogP contribution in [0.4, 0.5) is 4.39 Å². The van der Waals surface area contributed by atoms with E-state index in [1.165, 1.54) is 6.07 Å². The van der Waals surface area contributed by atoms with Gasteiger partial charge in [0.2, 0.25) is 0 Å². The molecular weight excluding hydrogens is 279 g/mol. The summed E-state index contributed by atoms with van der Waals surface area (Å²) in [7, 11) is 0. The fourth-order valence-corrected chi connectivity index (χ4v) is 2.79. The molecule has 0 bridgehead atoms. The van der Waals surface area contributed by atoms with Crippen LogP contribution in [0.2, 0.25) is 0 Å². The van der Waals surface area contributed by atoms with Gasteiger partial charge in [-0.2, -0.15) is 0 Å². The van der Waals surface area contributed by atoms with Gasteiger partial charge in [0, 0.05) is 26.2 Å². The molecule has 1 unspecified atom stereocenters. The van der Waals surface area contributed by atoms with Crippen molar-refractivity contribution in [2.75, 3.05) is 32.8 Å². The molecule has 0 saturated carbocycles. The highest BCUT2D eigenvalue weighted by Crippen LogP contribution is 2.26. The SMILES string of the molecule is CC1(CN(CCO)Cc2cccc(F)c2)CCNC1.Cl. The molecule has 1 aliphatic rings. The molecule has 0 amide bonds. The van der Waals surface area contributed by atoms with Crippen LogP contribution in [0.5, 0.6) is 0 Å². The fourth-order valence-electron chi connectivity index (χ4n) is 2.79. The molecule has 20 heavy (non-hydrogen) atoms. The van der Waals surface area contributed by atoms with E-state index in [9.17, 15) is 9.50 Å². The van der Waals surface area contributed by atoms with Gasteiger partial charge in [-0.25, -0.2) is 4.39 Å². The lowest BCUT2D eigenvalue weighted by Crippen LogP contribution is -2.38. The lowest BCUT2D eigenvalue weighted by atomic mass is 9.89. The summed E-state index contributed by atoms with van der Waals surface area (Å²) >= 11 is 0. The summed E-state index contributed by atoms with van der Waals surface area (Å²) in [6, 6.07) is 6.70. The molecular formula is C15H24ClFN2O. The Balaban J connectivity index is 0.00000200. The molecule has 1 saturated heterocycles. The Kier molecular flexibility index (Phi) is 6.89. The molecule has 0 spiro atoms. The van der Waals surface area contributed by atoms with Crippen molar-refractivity contribution < 1.29 is 9.50 Å². The zero-order valence-corrected chi connectivity index (χ0v) is 12.8. The Hall–Kier alpha value is -0.680. The molecule has 2 rings (SSSR count). The second-order valence-electron chi connectivity index (χ2n) is 5.80. The van der Waals surface area contributed by atoms with Gasteiger partial charge in [-0.1, -0.05) is 19.1 Å². The number of hydrogen-bond acceptors (Lipinski definition) is 3. The first-order valence-corrected chi connectivity index (χ1v) is 6.90. The van der Waals surface area contributed by atoms with Gasteiger partial charge >= 0.3 is 0 Å². The van der Waals surface area contributed by atoms with Crippen molar-refractivity contribution in [3.63, 3.8) is 0 Å². The summed E-state index contributed by atoms with van der Waals surface area (Å²) < 4.78 is 13.2. The van der Waals surface area contributed by atoms with Crippen LogP contribution in [0.25, 0.3) is 0 Å². The standard InChI is InChI=1S/C15H23FN2O.ClH/c1-15(5-6-17-11-15)12-18(7-8-19)10-13-3-2-4-14(16)9-13;/h2-4,9,17,19H,5-8,10-12H2,1H3;1H. The van der Waals surface area contributed by atoms with Crippen LogP contribution >= 0.6 is 12.4 Å². The Bertz CT molecular complexity index is 411. The number of aliphatic hydroxyl groups excluding tert-OH is 1. The summed E-state index contributed by atoms with van der Waals surface area (Å²) in [5.74, 6) is -0.199. The molecule has 3 nitrogen and oxygen atoms in total. The van der Waals surface area contributed by atoms with Gasteiger partial charge < -0.3 is 10.4 Å². The number of rotatable bonds is 6. The maximum absolute atomic E-state index is 13.2. The van der Waals surface area contributed by atoms with E-state index < -0.39 is 0 Å². The van der Waals surface area contributed by atoms with E-state index in [2.05, 4.69) is 17.1 Å². The van der Waals surface area contributed by atoms with Gasteiger partial charge in [-0.05, 0) is 36.1 Å². The summed E-state index contributed by atoms with van der Waals surface area (Å²) in [4.78, 5) is 2.21. The van der Waals surface area contributed by atoms with Crippen molar-refractivity contribution in [3.8, 4) is 0 Å². The maximum atomic E-state index is 13.2. The predicted octanol–water partition coefficient (Wildman–Crippen LogP) is 2.04. The molecule has 0 aromatic heterocycles. The van der Waals surface area contributed by atoms with Crippen LogP contribution < -0.4 is 5.32 Å². The van der Waals surface area contributed by atoms with Crippen molar-refractivity contribution in [2.45, 2.75) is 19.9 Å². The van der Waals surface area contributed by atoms with E-state index in [1.807, 2.05) is 6.07 Å². The molecule has 1 heterocycles. The van der Waals surface area contributed by atoms with Gasteiger partial charge in [-0.15, -0.1) is 12.4 Å². The summed E-state index contributed by atoms with van der Waals surface area (Å²) in [6.07, 6.45) is 1.15. The fraction of sp³-hybridized carbons (Fsp3) is 0.600. The van der Waals surface area contributed by atoms with Gasteiger partial charge in [0.1, 0.15) is 5.82 Å². The summed E-state index contributed by atoms with van der Waals surface area (Å²) in [5.41, 5.74) is 1.21. The van der Waals surface area contributed by atoms with Crippen LogP contribution in [0.1, 0.15) is 18.9 Å². The molecule has 1 atom stereocenters. The van der Waals surface area contributed by atoms with E-state index >= 15 is 0 Å². The third-order valence-electron chi connectivity index (χ3n) is 3.77. The Labute approximate surface area is 126 Å². The molecule has 0 aliphatic carbocycles. The Morgan fingerprint density at radius 1 is 1.45 bits per heavy atom. The molecule has 1 fully saturated rings. The molecule has 5 heteroatoms. The lowest BCUT2D eigenvalue weighted by Gasteiger charge is -2.31. The minimum absolute atomic E-state index is 0.